The summed E-state index contributed by atoms with van der Waals surface area (Å²) < 4.78 is 1.55. The van der Waals surface area contributed by atoms with E-state index in [0.717, 1.165) is 6.54 Å². The average Bonchev–Trinajstić information content (AvgIpc) is 2.71. The fourth-order valence-electron chi connectivity index (χ4n) is 1.21. The molecule has 0 bridgehead atoms. The standard InChI is InChI=1S/C9H10Cl2N6S/c1-3-12-7-5(10)4-6(11)8(13-7)18-9-14-15-16-17(9)2/h4H,3H2,1-2H3,(H,12,13). The molecule has 0 aromatic carbocycles. The van der Waals surface area contributed by atoms with Gasteiger partial charge in [-0.25, -0.2) is 9.67 Å². The number of hydrogen-bond donors (Lipinski definition) is 1. The molecule has 6 nitrogen and oxygen atoms in total. The Balaban J connectivity index is 2.32. The van der Waals surface area contributed by atoms with E-state index >= 15 is 0 Å². The molecule has 0 saturated carbocycles. The fourth-order valence-corrected chi connectivity index (χ4v) is 2.46. The molecule has 9 heteroatoms. The van der Waals surface area contributed by atoms with E-state index in [2.05, 4.69) is 25.8 Å². The predicted molar refractivity (Wildman–Crippen MR) is 71.3 cm³/mol. The molecular formula is C9H10Cl2N6S. The van der Waals surface area contributed by atoms with Crippen molar-refractivity contribution < 1.29 is 0 Å². The van der Waals surface area contributed by atoms with Gasteiger partial charge in [0.15, 0.2) is 0 Å². The second-order valence-corrected chi connectivity index (χ2v) is 5.09. The molecular weight excluding hydrogens is 295 g/mol. The van der Waals surface area contributed by atoms with E-state index in [9.17, 15) is 0 Å². The minimum absolute atomic E-state index is 0.467. The van der Waals surface area contributed by atoms with E-state index in [1.807, 2.05) is 6.92 Å². The highest BCUT2D eigenvalue weighted by molar-refractivity contribution is 7.99. The molecule has 0 atom stereocenters. The summed E-state index contributed by atoms with van der Waals surface area (Å²) in [5.74, 6) is 0.598. The van der Waals surface area contributed by atoms with Crippen molar-refractivity contribution in [3.63, 3.8) is 0 Å². The summed E-state index contributed by atoms with van der Waals surface area (Å²) in [4.78, 5) is 4.36. The number of tetrazole rings is 1. The van der Waals surface area contributed by atoms with Crippen molar-refractivity contribution in [3.05, 3.63) is 16.1 Å². The lowest BCUT2D eigenvalue weighted by Crippen LogP contribution is -2.01. The molecule has 18 heavy (non-hydrogen) atoms. The Morgan fingerprint density at radius 1 is 1.39 bits per heavy atom. The van der Waals surface area contributed by atoms with Gasteiger partial charge in [0, 0.05) is 13.6 Å². The first kappa shape index (κ1) is 13.4. The topological polar surface area (TPSA) is 68.5 Å². The van der Waals surface area contributed by atoms with Crippen LogP contribution in [0.15, 0.2) is 16.2 Å². The van der Waals surface area contributed by atoms with Crippen LogP contribution in [0.5, 0.6) is 0 Å². The minimum Gasteiger partial charge on any atom is -0.369 e. The zero-order chi connectivity index (χ0) is 13.1. The van der Waals surface area contributed by atoms with Crippen LogP contribution >= 0.6 is 35.0 Å². The van der Waals surface area contributed by atoms with Gasteiger partial charge in [0.1, 0.15) is 10.8 Å². The van der Waals surface area contributed by atoms with Crippen LogP contribution in [-0.4, -0.2) is 31.7 Å². The van der Waals surface area contributed by atoms with Gasteiger partial charge in [-0.15, -0.1) is 5.10 Å². The Kier molecular flexibility index (Phi) is 4.26. The summed E-state index contributed by atoms with van der Waals surface area (Å²) in [6.45, 7) is 2.69. The number of halogens is 2. The van der Waals surface area contributed by atoms with Crippen LogP contribution in [0.3, 0.4) is 0 Å². The van der Waals surface area contributed by atoms with Crippen LogP contribution in [0.2, 0.25) is 10.0 Å². The Hall–Kier alpha value is -1.05. The molecule has 0 aliphatic carbocycles. The smallest absolute Gasteiger partial charge is 0.215 e. The predicted octanol–water partition coefficient (Wildman–Crippen LogP) is 2.49. The molecule has 2 rings (SSSR count). The number of rotatable bonds is 4. The van der Waals surface area contributed by atoms with Gasteiger partial charge in [0.2, 0.25) is 5.16 Å². The van der Waals surface area contributed by atoms with Crippen LogP contribution in [0.25, 0.3) is 0 Å². The van der Waals surface area contributed by atoms with Crippen molar-refractivity contribution in [3.8, 4) is 0 Å². The van der Waals surface area contributed by atoms with E-state index in [-0.39, 0.29) is 0 Å². The number of pyridine rings is 1. The van der Waals surface area contributed by atoms with Gasteiger partial charge in [-0.05, 0) is 35.2 Å². The number of aromatic nitrogens is 5. The monoisotopic (exact) mass is 304 g/mol. The number of anilines is 1. The van der Waals surface area contributed by atoms with Gasteiger partial charge in [-0.3, -0.25) is 0 Å². The maximum Gasteiger partial charge on any atom is 0.215 e. The largest absolute Gasteiger partial charge is 0.369 e. The van der Waals surface area contributed by atoms with Gasteiger partial charge in [0.25, 0.3) is 0 Å². The molecule has 2 aromatic heterocycles. The van der Waals surface area contributed by atoms with Gasteiger partial charge >= 0.3 is 0 Å². The number of hydrogen-bond acceptors (Lipinski definition) is 6. The van der Waals surface area contributed by atoms with E-state index in [1.54, 1.807) is 17.8 Å². The Morgan fingerprint density at radius 3 is 2.78 bits per heavy atom. The Morgan fingerprint density at radius 2 is 2.17 bits per heavy atom. The summed E-state index contributed by atoms with van der Waals surface area (Å²) in [5.41, 5.74) is 0. The highest BCUT2D eigenvalue weighted by Crippen LogP contribution is 2.34. The molecule has 0 unspecified atom stereocenters. The molecule has 0 saturated heterocycles. The van der Waals surface area contributed by atoms with Crippen LogP contribution in [0.1, 0.15) is 6.92 Å². The van der Waals surface area contributed by atoms with Crippen molar-refractivity contribution in [2.24, 2.45) is 7.05 Å². The Labute approximate surface area is 118 Å². The summed E-state index contributed by atoms with van der Waals surface area (Å²) in [6.07, 6.45) is 0. The molecule has 0 aliphatic heterocycles. The molecule has 96 valence electrons. The maximum absolute atomic E-state index is 6.10. The normalized spacial score (nSPS) is 10.7. The van der Waals surface area contributed by atoms with Crippen molar-refractivity contribution in [2.75, 3.05) is 11.9 Å². The van der Waals surface area contributed by atoms with Crippen LogP contribution in [-0.2, 0) is 7.05 Å². The molecule has 2 heterocycles. The molecule has 1 N–H and O–H groups in total. The minimum atomic E-state index is 0.467. The van der Waals surface area contributed by atoms with E-state index in [0.29, 0.717) is 26.0 Å². The average molecular weight is 305 g/mol. The van der Waals surface area contributed by atoms with Crippen LogP contribution in [0.4, 0.5) is 5.82 Å². The molecule has 0 radical (unpaired) electrons. The number of aryl methyl sites for hydroxylation is 1. The number of nitrogens with one attached hydrogen (secondary N) is 1. The third-order valence-corrected chi connectivity index (χ3v) is 3.73. The summed E-state index contributed by atoms with van der Waals surface area (Å²) in [6, 6.07) is 1.65. The van der Waals surface area contributed by atoms with Gasteiger partial charge in [0.05, 0.1) is 10.0 Å². The fraction of sp³-hybridized carbons (Fsp3) is 0.333. The van der Waals surface area contributed by atoms with Gasteiger partial charge < -0.3 is 5.32 Å². The summed E-state index contributed by atoms with van der Waals surface area (Å²) >= 11 is 13.4. The van der Waals surface area contributed by atoms with Crippen molar-refractivity contribution in [1.29, 1.82) is 0 Å². The lowest BCUT2D eigenvalue weighted by molar-refractivity contribution is 0.664. The maximum atomic E-state index is 6.10. The highest BCUT2D eigenvalue weighted by Gasteiger charge is 2.13. The van der Waals surface area contributed by atoms with Crippen molar-refractivity contribution in [2.45, 2.75) is 17.1 Å². The zero-order valence-corrected chi connectivity index (χ0v) is 12.0. The van der Waals surface area contributed by atoms with E-state index in [4.69, 9.17) is 23.2 Å². The first-order valence-electron chi connectivity index (χ1n) is 5.12. The Bertz CT molecular complexity index is 558. The second-order valence-electron chi connectivity index (χ2n) is 3.32. The van der Waals surface area contributed by atoms with E-state index < -0.39 is 0 Å². The summed E-state index contributed by atoms with van der Waals surface area (Å²) in [5, 5.41) is 16.4. The van der Waals surface area contributed by atoms with Crippen LogP contribution in [0, 0.1) is 0 Å². The second kappa shape index (κ2) is 5.73. The SMILES string of the molecule is CCNc1nc(Sc2nnnn2C)c(Cl)cc1Cl. The van der Waals surface area contributed by atoms with E-state index in [1.165, 1.54) is 11.8 Å². The third-order valence-electron chi connectivity index (χ3n) is 2.01. The molecule has 0 spiro atoms. The molecule has 0 fully saturated rings. The van der Waals surface area contributed by atoms with Gasteiger partial charge in [-0.1, -0.05) is 23.2 Å². The highest BCUT2D eigenvalue weighted by atomic mass is 35.5. The molecule has 0 amide bonds. The number of nitrogens with zero attached hydrogens (tertiary/aromatic N) is 5. The lowest BCUT2D eigenvalue weighted by Gasteiger charge is -2.08. The summed E-state index contributed by atoms with van der Waals surface area (Å²) in [7, 11) is 1.75. The first-order valence-corrected chi connectivity index (χ1v) is 6.69. The van der Waals surface area contributed by atoms with Gasteiger partial charge in [-0.2, -0.15) is 0 Å². The molecule has 2 aromatic rings. The van der Waals surface area contributed by atoms with Crippen LogP contribution < -0.4 is 5.32 Å². The first-order chi connectivity index (χ1) is 8.61. The van der Waals surface area contributed by atoms with Crippen molar-refractivity contribution in [1.82, 2.24) is 25.2 Å². The molecule has 0 aliphatic rings. The zero-order valence-electron chi connectivity index (χ0n) is 9.68. The van der Waals surface area contributed by atoms with Crippen molar-refractivity contribution >= 4 is 40.8 Å². The lowest BCUT2D eigenvalue weighted by atomic mass is 10.4. The third kappa shape index (κ3) is 2.85. The quantitative estimate of drug-likeness (QED) is 0.936.